The molecule has 2 rings (SSSR count). The van der Waals surface area contributed by atoms with E-state index in [1.54, 1.807) is 12.3 Å². The number of carbonyl (C=O) groups is 1. The average Bonchev–Trinajstić information content (AvgIpc) is 2.28. The Morgan fingerprint density at radius 1 is 1.18 bits per heavy atom. The van der Waals surface area contributed by atoms with E-state index in [-0.39, 0.29) is 5.69 Å². The van der Waals surface area contributed by atoms with E-state index in [0.29, 0.717) is 0 Å². The van der Waals surface area contributed by atoms with Gasteiger partial charge in [-0.15, -0.1) is 0 Å². The van der Waals surface area contributed by atoms with E-state index < -0.39 is 5.97 Å². The van der Waals surface area contributed by atoms with Gasteiger partial charge in [-0.1, -0.05) is 19.3 Å². The standard InChI is InChI=1S/C13H18N2O2/c16-13(17)12-10-11(6-7-14-12)15-8-4-2-1-3-5-9-15/h6-7,10H,1-5,8-9H2,(H,16,17). The first-order valence-electron chi connectivity index (χ1n) is 6.21. The molecule has 4 heteroatoms. The Bertz CT molecular complexity index is 385. The molecule has 1 saturated heterocycles. The topological polar surface area (TPSA) is 53.4 Å². The summed E-state index contributed by atoms with van der Waals surface area (Å²) in [6.07, 6.45) is 7.82. The second kappa shape index (κ2) is 5.66. The molecular formula is C13H18N2O2. The number of aromatic carboxylic acids is 1. The summed E-state index contributed by atoms with van der Waals surface area (Å²) in [5.41, 5.74) is 1.11. The van der Waals surface area contributed by atoms with Gasteiger partial charge in [-0.3, -0.25) is 0 Å². The summed E-state index contributed by atoms with van der Waals surface area (Å²) in [7, 11) is 0. The van der Waals surface area contributed by atoms with E-state index >= 15 is 0 Å². The van der Waals surface area contributed by atoms with Gasteiger partial charge in [-0.2, -0.15) is 0 Å². The maximum Gasteiger partial charge on any atom is 0.354 e. The van der Waals surface area contributed by atoms with E-state index in [1.165, 1.54) is 32.1 Å². The van der Waals surface area contributed by atoms with Crippen LogP contribution in [0.2, 0.25) is 0 Å². The van der Waals surface area contributed by atoms with Crippen molar-refractivity contribution in [2.24, 2.45) is 0 Å². The first-order chi connectivity index (χ1) is 8.27. The molecular weight excluding hydrogens is 216 g/mol. The largest absolute Gasteiger partial charge is 0.477 e. The number of rotatable bonds is 2. The lowest BCUT2D eigenvalue weighted by atomic mass is 10.1. The van der Waals surface area contributed by atoms with Crippen molar-refractivity contribution in [1.29, 1.82) is 0 Å². The van der Waals surface area contributed by atoms with E-state index in [0.717, 1.165) is 18.8 Å². The van der Waals surface area contributed by atoms with Crippen LogP contribution in [-0.4, -0.2) is 29.1 Å². The first kappa shape index (κ1) is 11.9. The molecule has 0 aliphatic carbocycles. The van der Waals surface area contributed by atoms with Gasteiger partial charge in [-0.25, -0.2) is 9.78 Å². The number of anilines is 1. The highest BCUT2D eigenvalue weighted by molar-refractivity contribution is 5.86. The van der Waals surface area contributed by atoms with Gasteiger partial charge in [-0.05, 0) is 25.0 Å². The van der Waals surface area contributed by atoms with E-state index in [9.17, 15) is 4.79 Å². The molecule has 1 N–H and O–H groups in total. The van der Waals surface area contributed by atoms with Crippen LogP contribution in [-0.2, 0) is 0 Å². The van der Waals surface area contributed by atoms with Crippen molar-refractivity contribution in [2.75, 3.05) is 18.0 Å². The number of hydrogen-bond donors (Lipinski definition) is 1. The molecule has 92 valence electrons. The minimum absolute atomic E-state index is 0.129. The first-order valence-corrected chi connectivity index (χ1v) is 6.21. The van der Waals surface area contributed by atoms with Gasteiger partial charge in [0, 0.05) is 25.0 Å². The van der Waals surface area contributed by atoms with Crippen LogP contribution in [0.5, 0.6) is 0 Å². The molecule has 4 nitrogen and oxygen atoms in total. The van der Waals surface area contributed by atoms with E-state index in [1.807, 2.05) is 6.07 Å². The lowest BCUT2D eigenvalue weighted by Gasteiger charge is -2.26. The maximum absolute atomic E-state index is 10.9. The number of carboxylic acid groups (broad SMARTS) is 1. The predicted octanol–water partition coefficient (Wildman–Crippen LogP) is 2.55. The summed E-state index contributed by atoms with van der Waals surface area (Å²) in [5.74, 6) is -0.959. The summed E-state index contributed by atoms with van der Waals surface area (Å²) in [5, 5.41) is 8.93. The molecule has 0 amide bonds. The molecule has 2 heterocycles. The molecule has 0 unspecified atom stereocenters. The Balaban J connectivity index is 2.13. The molecule has 17 heavy (non-hydrogen) atoms. The van der Waals surface area contributed by atoms with Crippen LogP contribution < -0.4 is 4.90 Å². The van der Waals surface area contributed by atoms with Crippen LogP contribution in [0.4, 0.5) is 5.69 Å². The van der Waals surface area contributed by atoms with Gasteiger partial charge in [0.25, 0.3) is 0 Å². The van der Waals surface area contributed by atoms with Crippen molar-refractivity contribution >= 4 is 11.7 Å². The van der Waals surface area contributed by atoms with Crippen LogP contribution in [0, 0.1) is 0 Å². The third-order valence-corrected chi connectivity index (χ3v) is 3.18. The third-order valence-electron chi connectivity index (χ3n) is 3.18. The molecule has 0 spiro atoms. The van der Waals surface area contributed by atoms with Crippen molar-refractivity contribution < 1.29 is 9.90 Å². The maximum atomic E-state index is 10.9. The summed E-state index contributed by atoms with van der Waals surface area (Å²) in [6, 6.07) is 3.57. The van der Waals surface area contributed by atoms with Gasteiger partial charge < -0.3 is 10.0 Å². The monoisotopic (exact) mass is 234 g/mol. The molecule has 1 aliphatic heterocycles. The Morgan fingerprint density at radius 2 is 1.82 bits per heavy atom. The quantitative estimate of drug-likeness (QED) is 0.854. The summed E-state index contributed by atoms with van der Waals surface area (Å²) in [6.45, 7) is 2.03. The van der Waals surface area contributed by atoms with Crippen LogP contribution >= 0.6 is 0 Å². The van der Waals surface area contributed by atoms with Gasteiger partial charge in [0.1, 0.15) is 5.69 Å². The van der Waals surface area contributed by atoms with Crippen molar-refractivity contribution in [3.8, 4) is 0 Å². The zero-order valence-electron chi connectivity index (χ0n) is 9.93. The third kappa shape index (κ3) is 3.19. The fourth-order valence-corrected chi connectivity index (χ4v) is 2.24. The van der Waals surface area contributed by atoms with Gasteiger partial charge in [0.05, 0.1) is 0 Å². The zero-order chi connectivity index (χ0) is 12.1. The van der Waals surface area contributed by atoms with Gasteiger partial charge in [0.2, 0.25) is 0 Å². The molecule has 1 aliphatic rings. The highest BCUT2D eigenvalue weighted by Crippen LogP contribution is 2.19. The molecule has 0 radical (unpaired) electrons. The Morgan fingerprint density at radius 3 is 2.47 bits per heavy atom. The second-order valence-electron chi connectivity index (χ2n) is 4.46. The lowest BCUT2D eigenvalue weighted by molar-refractivity contribution is 0.0690. The fourth-order valence-electron chi connectivity index (χ4n) is 2.24. The molecule has 0 bridgehead atoms. The molecule has 0 aromatic carbocycles. The van der Waals surface area contributed by atoms with Crippen molar-refractivity contribution in [1.82, 2.24) is 4.98 Å². The number of pyridine rings is 1. The van der Waals surface area contributed by atoms with Crippen LogP contribution in [0.1, 0.15) is 42.6 Å². The summed E-state index contributed by atoms with van der Waals surface area (Å²) in [4.78, 5) is 17.0. The number of aromatic nitrogens is 1. The molecule has 1 fully saturated rings. The molecule has 0 saturated carbocycles. The fraction of sp³-hybridized carbons (Fsp3) is 0.538. The minimum atomic E-state index is -0.959. The highest BCUT2D eigenvalue weighted by Gasteiger charge is 2.11. The SMILES string of the molecule is O=C(O)c1cc(N2CCCCCCC2)ccn1. The van der Waals surface area contributed by atoms with Crippen LogP contribution in [0.15, 0.2) is 18.3 Å². The Labute approximate surface area is 101 Å². The molecule has 1 aromatic rings. The molecule has 0 atom stereocenters. The lowest BCUT2D eigenvalue weighted by Crippen LogP contribution is -2.27. The number of nitrogens with zero attached hydrogens (tertiary/aromatic N) is 2. The summed E-state index contributed by atoms with van der Waals surface area (Å²) < 4.78 is 0. The van der Waals surface area contributed by atoms with E-state index in [4.69, 9.17) is 5.11 Å². The van der Waals surface area contributed by atoms with Crippen LogP contribution in [0.3, 0.4) is 0 Å². The normalized spacial score (nSPS) is 17.3. The zero-order valence-corrected chi connectivity index (χ0v) is 9.93. The predicted molar refractivity (Wildman–Crippen MR) is 66.5 cm³/mol. The second-order valence-corrected chi connectivity index (χ2v) is 4.46. The Hall–Kier alpha value is -1.58. The van der Waals surface area contributed by atoms with Gasteiger partial charge in [0.15, 0.2) is 0 Å². The average molecular weight is 234 g/mol. The summed E-state index contributed by atoms with van der Waals surface area (Å²) >= 11 is 0. The number of hydrogen-bond acceptors (Lipinski definition) is 3. The van der Waals surface area contributed by atoms with E-state index in [2.05, 4.69) is 9.88 Å². The van der Waals surface area contributed by atoms with Crippen molar-refractivity contribution in [3.05, 3.63) is 24.0 Å². The molecule has 1 aromatic heterocycles. The highest BCUT2D eigenvalue weighted by atomic mass is 16.4. The smallest absolute Gasteiger partial charge is 0.354 e. The van der Waals surface area contributed by atoms with Crippen molar-refractivity contribution in [2.45, 2.75) is 32.1 Å². The van der Waals surface area contributed by atoms with Crippen LogP contribution in [0.25, 0.3) is 0 Å². The number of carboxylic acids is 1. The van der Waals surface area contributed by atoms with Gasteiger partial charge >= 0.3 is 5.97 Å². The Kier molecular flexibility index (Phi) is 3.96. The minimum Gasteiger partial charge on any atom is -0.477 e. The van der Waals surface area contributed by atoms with Crippen molar-refractivity contribution in [3.63, 3.8) is 0 Å².